The van der Waals surface area contributed by atoms with E-state index >= 15 is 0 Å². The van der Waals surface area contributed by atoms with Gasteiger partial charge in [-0.1, -0.05) is 15.9 Å². The van der Waals surface area contributed by atoms with Crippen molar-refractivity contribution in [2.45, 2.75) is 0 Å². The molecule has 3 amide bonds. The molecule has 0 fully saturated rings. The van der Waals surface area contributed by atoms with Crippen molar-refractivity contribution in [2.75, 3.05) is 38.3 Å². The summed E-state index contributed by atoms with van der Waals surface area (Å²) in [6, 6.07) is 12.0. The second-order valence-electron chi connectivity index (χ2n) is 6.21. The summed E-state index contributed by atoms with van der Waals surface area (Å²) in [6.07, 6.45) is 0. The minimum atomic E-state index is -0.326. The number of amides is 3. The summed E-state index contributed by atoms with van der Waals surface area (Å²) in [4.78, 5) is 37.8. The molecule has 0 saturated carbocycles. The molecule has 29 heavy (non-hydrogen) atoms. The van der Waals surface area contributed by atoms with E-state index in [9.17, 15) is 14.4 Å². The Labute approximate surface area is 176 Å². The monoisotopic (exact) mass is 461 g/mol. The zero-order valence-electron chi connectivity index (χ0n) is 15.7. The second-order valence-corrected chi connectivity index (χ2v) is 7.13. The van der Waals surface area contributed by atoms with E-state index in [2.05, 4.69) is 26.6 Å². The van der Waals surface area contributed by atoms with Crippen molar-refractivity contribution < 1.29 is 23.9 Å². The van der Waals surface area contributed by atoms with Crippen LogP contribution in [0.2, 0.25) is 0 Å². The summed E-state index contributed by atoms with van der Waals surface area (Å²) in [5.41, 5.74) is 1.05. The van der Waals surface area contributed by atoms with E-state index in [1.165, 1.54) is 4.90 Å². The fraction of sp³-hybridized carbons (Fsp3) is 0.250. The van der Waals surface area contributed by atoms with Crippen LogP contribution in [-0.4, -0.2) is 51.1 Å². The predicted molar refractivity (Wildman–Crippen MR) is 110 cm³/mol. The molecule has 0 atom stereocenters. The number of fused-ring (bicyclic) bond motifs is 1. The minimum absolute atomic E-state index is 0.116. The van der Waals surface area contributed by atoms with Gasteiger partial charge >= 0.3 is 0 Å². The lowest BCUT2D eigenvalue weighted by molar-refractivity contribution is -0.125. The number of nitrogens with zero attached hydrogens (tertiary/aromatic N) is 1. The maximum atomic E-state index is 12.2. The van der Waals surface area contributed by atoms with Crippen molar-refractivity contribution in [1.29, 1.82) is 0 Å². The van der Waals surface area contributed by atoms with Crippen LogP contribution in [0.5, 0.6) is 11.5 Å². The molecule has 0 spiro atoms. The second kappa shape index (κ2) is 9.42. The molecule has 152 valence electrons. The Morgan fingerprint density at radius 3 is 2.59 bits per heavy atom. The van der Waals surface area contributed by atoms with Crippen molar-refractivity contribution in [3.63, 3.8) is 0 Å². The molecule has 0 saturated heterocycles. The number of benzene rings is 2. The largest absolute Gasteiger partial charge is 0.497 e. The van der Waals surface area contributed by atoms with E-state index in [1.54, 1.807) is 49.6 Å². The lowest BCUT2D eigenvalue weighted by Crippen LogP contribution is -2.46. The maximum absolute atomic E-state index is 12.2. The molecule has 1 aliphatic heterocycles. The third-order valence-electron chi connectivity index (χ3n) is 4.25. The third kappa shape index (κ3) is 5.26. The van der Waals surface area contributed by atoms with Crippen LogP contribution in [0, 0.1) is 0 Å². The van der Waals surface area contributed by atoms with Gasteiger partial charge in [0.05, 0.1) is 12.8 Å². The summed E-state index contributed by atoms with van der Waals surface area (Å²) in [7, 11) is 1.56. The molecule has 0 radical (unpaired) electrons. The van der Waals surface area contributed by atoms with Crippen LogP contribution in [0.15, 0.2) is 46.9 Å². The first-order valence-electron chi connectivity index (χ1n) is 8.89. The zero-order chi connectivity index (χ0) is 20.8. The molecule has 2 aromatic rings. The topological polar surface area (TPSA) is 97.0 Å². The first kappa shape index (κ1) is 20.7. The Morgan fingerprint density at radius 2 is 1.86 bits per heavy atom. The molecule has 8 nitrogen and oxygen atoms in total. The molecule has 1 heterocycles. The van der Waals surface area contributed by atoms with E-state index in [0.717, 1.165) is 4.47 Å². The van der Waals surface area contributed by atoms with Crippen molar-refractivity contribution in [3.8, 4) is 11.5 Å². The van der Waals surface area contributed by atoms with Crippen molar-refractivity contribution >= 4 is 39.3 Å². The quantitative estimate of drug-likeness (QED) is 0.612. The molecule has 2 N–H and O–H groups in total. The summed E-state index contributed by atoms with van der Waals surface area (Å²) in [5, 5.41) is 5.43. The van der Waals surface area contributed by atoms with Gasteiger partial charge in [0.1, 0.15) is 18.0 Å². The Balaban J connectivity index is 1.46. The lowest BCUT2D eigenvalue weighted by atomic mass is 10.2. The zero-order valence-corrected chi connectivity index (χ0v) is 17.3. The molecule has 0 aliphatic carbocycles. The van der Waals surface area contributed by atoms with Gasteiger partial charge in [-0.3, -0.25) is 19.3 Å². The van der Waals surface area contributed by atoms with Gasteiger partial charge < -0.3 is 20.1 Å². The van der Waals surface area contributed by atoms with E-state index in [1.807, 2.05) is 0 Å². The Kier molecular flexibility index (Phi) is 6.71. The summed E-state index contributed by atoms with van der Waals surface area (Å²) in [6.45, 7) is 0.265. The average Bonchev–Trinajstić information content (AvgIpc) is 2.73. The highest BCUT2D eigenvalue weighted by atomic mass is 79.9. The van der Waals surface area contributed by atoms with E-state index < -0.39 is 0 Å². The predicted octanol–water partition coefficient (Wildman–Crippen LogP) is 1.73. The molecule has 2 aromatic carbocycles. The molecule has 1 aliphatic rings. The van der Waals surface area contributed by atoms with Gasteiger partial charge in [-0.15, -0.1) is 0 Å². The first-order chi connectivity index (χ1) is 14.0. The van der Waals surface area contributed by atoms with Gasteiger partial charge in [0.15, 0.2) is 6.61 Å². The Hall–Kier alpha value is -3.07. The van der Waals surface area contributed by atoms with Gasteiger partial charge in [0.25, 0.3) is 11.8 Å². The van der Waals surface area contributed by atoms with Crippen LogP contribution in [0.3, 0.4) is 0 Å². The highest BCUT2D eigenvalue weighted by Gasteiger charge is 2.27. The fourth-order valence-electron chi connectivity index (χ4n) is 2.77. The summed E-state index contributed by atoms with van der Waals surface area (Å²) in [5.74, 6) is 0.347. The summed E-state index contributed by atoms with van der Waals surface area (Å²) >= 11 is 3.35. The number of hydrogen-bond acceptors (Lipinski definition) is 5. The van der Waals surface area contributed by atoms with Crippen LogP contribution >= 0.6 is 15.9 Å². The molecular formula is C20H20BrN3O5. The standard InChI is InChI=1S/C20H20BrN3O5/c1-28-15-5-2-13(3-6-15)20(27)23-9-8-22-18(25)11-24-16-7-4-14(21)10-17(16)29-12-19(24)26/h2-7,10H,8-9,11-12H2,1H3,(H,22,25)(H,23,27). The van der Waals surface area contributed by atoms with Crippen LogP contribution < -0.4 is 25.0 Å². The van der Waals surface area contributed by atoms with Crippen LogP contribution in [0.4, 0.5) is 5.69 Å². The van der Waals surface area contributed by atoms with Crippen LogP contribution in [0.25, 0.3) is 0 Å². The average molecular weight is 462 g/mol. The van der Waals surface area contributed by atoms with E-state index in [4.69, 9.17) is 9.47 Å². The number of rotatable bonds is 7. The SMILES string of the molecule is COc1ccc(C(=O)NCCNC(=O)CN2C(=O)COc3cc(Br)ccc32)cc1. The number of nitrogens with one attached hydrogen (secondary N) is 2. The Morgan fingerprint density at radius 1 is 1.14 bits per heavy atom. The van der Waals surface area contributed by atoms with Crippen molar-refractivity contribution in [3.05, 3.63) is 52.5 Å². The van der Waals surface area contributed by atoms with Gasteiger partial charge in [-0.2, -0.15) is 0 Å². The van der Waals surface area contributed by atoms with Gasteiger partial charge in [0, 0.05) is 23.1 Å². The number of carbonyl (C=O) groups excluding carboxylic acids is 3. The minimum Gasteiger partial charge on any atom is -0.497 e. The lowest BCUT2D eigenvalue weighted by Gasteiger charge is -2.29. The van der Waals surface area contributed by atoms with Gasteiger partial charge in [-0.25, -0.2) is 0 Å². The molecule has 3 rings (SSSR count). The highest BCUT2D eigenvalue weighted by molar-refractivity contribution is 9.10. The number of halogens is 1. The van der Waals surface area contributed by atoms with E-state index in [0.29, 0.717) is 22.7 Å². The number of anilines is 1. The molecule has 9 heteroatoms. The molecule has 0 unspecified atom stereocenters. The van der Waals surface area contributed by atoms with Gasteiger partial charge in [0.2, 0.25) is 5.91 Å². The number of hydrogen-bond donors (Lipinski definition) is 2. The van der Waals surface area contributed by atoms with E-state index in [-0.39, 0.29) is 44.0 Å². The third-order valence-corrected chi connectivity index (χ3v) is 4.74. The maximum Gasteiger partial charge on any atom is 0.265 e. The van der Waals surface area contributed by atoms with Crippen molar-refractivity contribution in [1.82, 2.24) is 10.6 Å². The smallest absolute Gasteiger partial charge is 0.265 e. The summed E-state index contributed by atoms with van der Waals surface area (Å²) < 4.78 is 11.3. The van der Waals surface area contributed by atoms with Crippen molar-refractivity contribution in [2.24, 2.45) is 0 Å². The van der Waals surface area contributed by atoms with Gasteiger partial charge in [-0.05, 0) is 42.5 Å². The first-order valence-corrected chi connectivity index (χ1v) is 9.69. The molecule has 0 aromatic heterocycles. The number of carbonyl (C=O) groups is 3. The normalized spacial score (nSPS) is 12.6. The highest BCUT2D eigenvalue weighted by Crippen LogP contribution is 2.34. The number of methoxy groups -OCH3 is 1. The van der Waals surface area contributed by atoms with Crippen LogP contribution in [0.1, 0.15) is 10.4 Å². The number of ether oxygens (including phenoxy) is 2. The van der Waals surface area contributed by atoms with Crippen LogP contribution in [-0.2, 0) is 9.59 Å². The Bertz CT molecular complexity index is 917. The molecular weight excluding hydrogens is 442 g/mol. The molecule has 0 bridgehead atoms. The fourth-order valence-corrected chi connectivity index (χ4v) is 3.11.